The van der Waals surface area contributed by atoms with Crippen LogP contribution >= 0.6 is 11.8 Å². The minimum absolute atomic E-state index is 0.462. The summed E-state index contributed by atoms with van der Waals surface area (Å²) in [5, 5.41) is 2.16. The van der Waals surface area contributed by atoms with E-state index in [0.29, 0.717) is 0 Å². The first-order valence-electron chi connectivity index (χ1n) is 20.1. The highest BCUT2D eigenvalue weighted by Gasteiger charge is 2.50. The molecular formula is C55H36N2OS. The number of fused-ring (bicyclic) bond motifs is 12. The van der Waals surface area contributed by atoms with Crippen LogP contribution in [0.1, 0.15) is 22.3 Å². The zero-order valence-electron chi connectivity index (χ0n) is 32.0. The van der Waals surface area contributed by atoms with Gasteiger partial charge >= 0.3 is 0 Å². The maximum Gasteiger partial charge on any atom is 0.137 e. The number of para-hydroxylation sites is 3. The summed E-state index contributed by atoms with van der Waals surface area (Å²) in [5.41, 5.74) is 15.6. The van der Waals surface area contributed by atoms with Crippen molar-refractivity contribution in [2.75, 3.05) is 9.80 Å². The van der Waals surface area contributed by atoms with Crippen LogP contribution in [0.4, 0.5) is 34.1 Å². The molecule has 0 N–H and O–H groups in total. The lowest BCUT2D eigenvalue weighted by Crippen LogP contribution is -2.32. The third-order valence-electron chi connectivity index (χ3n) is 12.1. The highest BCUT2D eigenvalue weighted by Crippen LogP contribution is 2.62. The Kier molecular flexibility index (Phi) is 7.69. The Balaban J connectivity index is 1.03. The molecule has 4 heteroatoms. The molecule has 278 valence electrons. The molecule has 9 aromatic carbocycles. The van der Waals surface area contributed by atoms with Crippen molar-refractivity contribution in [3.05, 3.63) is 241 Å². The van der Waals surface area contributed by atoms with E-state index in [2.05, 4.69) is 228 Å². The first kappa shape index (κ1) is 33.8. The number of furan rings is 1. The first-order valence-corrected chi connectivity index (χ1v) is 20.9. The van der Waals surface area contributed by atoms with E-state index in [1.54, 1.807) is 0 Å². The van der Waals surface area contributed by atoms with Crippen LogP contribution in [0.3, 0.4) is 0 Å². The van der Waals surface area contributed by atoms with Gasteiger partial charge in [0, 0.05) is 60.8 Å². The van der Waals surface area contributed by atoms with E-state index in [9.17, 15) is 0 Å². The monoisotopic (exact) mass is 772 g/mol. The van der Waals surface area contributed by atoms with Gasteiger partial charge in [-0.15, -0.1) is 0 Å². The van der Waals surface area contributed by atoms with Gasteiger partial charge in [-0.2, -0.15) is 0 Å². The van der Waals surface area contributed by atoms with Crippen molar-refractivity contribution in [1.82, 2.24) is 0 Å². The molecule has 0 saturated carbocycles. The van der Waals surface area contributed by atoms with Crippen molar-refractivity contribution >= 4 is 67.8 Å². The van der Waals surface area contributed by atoms with Crippen molar-refractivity contribution in [2.45, 2.75) is 15.2 Å². The number of anilines is 6. The Hall–Kier alpha value is -7.27. The Morgan fingerprint density at radius 3 is 1.44 bits per heavy atom. The van der Waals surface area contributed by atoms with E-state index in [4.69, 9.17) is 4.42 Å². The molecule has 0 atom stereocenters. The molecule has 59 heavy (non-hydrogen) atoms. The SMILES string of the molecule is c1ccc(N(c2ccc3c(c2)C2(c4ccccc4Sc4ccccc42)c2ccccc2-3)c2ccc3c(c2)oc2ccc(N(c4ccccc4)c4ccccc4)cc23)cc1. The molecular weight excluding hydrogens is 737 g/mol. The normalized spacial score (nSPS) is 13.2. The van der Waals surface area contributed by atoms with Gasteiger partial charge in [-0.05, 0) is 124 Å². The molecule has 2 aliphatic rings. The second kappa shape index (κ2) is 13.4. The lowest BCUT2D eigenvalue weighted by atomic mass is 9.67. The van der Waals surface area contributed by atoms with Crippen LogP contribution in [0.15, 0.2) is 233 Å². The minimum Gasteiger partial charge on any atom is -0.456 e. The van der Waals surface area contributed by atoms with Crippen LogP contribution in [0.25, 0.3) is 33.1 Å². The molecule has 1 aliphatic carbocycles. The third-order valence-corrected chi connectivity index (χ3v) is 13.2. The number of hydrogen-bond acceptors (Lipinski definition) is 4. The first-order chi connectivity index (χ1) is 29.3. The maximum atomic E-state index is 6.70. The van der Waals surface area contributed by atoms with Gasteiger partial charge in [0.2, 0.25) is 0 Å². The van der Waals surface area contributed by atoms with Gasteiger partial charge in [0.15, 0.2) is 0 Å². The van der Waals surface area contributed by atoms with Crippen molar-refractivity contribution in [3.8, 4) is 11.1 Å². The standard InChI is InChI=1S/C55H36N2OS/c1-4-16-37(17-5-1)56(38-18-6-2-7-19-38)40-30-33-51-46(34-40)45-32-29-42(36-52(45)58-51)57(39-20-8-3-9-21-39)41-28-31-44-43-22-10-11-23-47(43)55(50(44)35-41)48-24-12-14-26-53(48)59-54-27-15-13-25-49(54)55/h1-36H. The topological polar surface area (TPSA) is 19.6 Å². The van der Waals surface area contributed by atoms with E-state index in [1.165, 1.54) is 43.2 Å². The zero-order valence-corrected chi connectivity index (χ0v) is 32.8. The van der Waals surface area contributed by atoms with Crippen LogP contribution in [-0.4, -0.2) is 0 Å². The number of rotatable bonds is 6. The van der Waals surface area contributed by atoms with E-state index >= 15 is 0 Å². The lowest BCUT2D eigenvalue weighted by molar-refractivity contribution is 0.669. The highest BCUT2D eigenvalue weighted by atomic mass is 32.2. The maximum absolute atomic E-state index is 6.70. The van der Waals surface area contributed by atoms with Gasteiger partial charge in [-0.3, -0.25) is 0 Å². The second-order valence-electron chi connectivity index (χ2n) is 15.3. The largest absolute Gasteiger partial charge is 0.456 e. The Morgan fingerprint density at radius 1 is 0.322 bits per heavy atom. The number of benzene rings is 9. The third kappa shape index (κ3) is 5.16. The van der Waals surface area contributed by atoms with E-state index in [-0.39, 0.29) is 0 Å². The van der Waals surface area contributed by atoms with Gasteiger partial charge in [0.25, 0.3) is 0 Å². The van der Waals surface area contributed by atoms with Crippen molar-refractivity contribution in [2.24, 2.45) is 0 Å². The lowest BCUT2D eigenvalue weighted by Gasteiger charge is -2.40. The molecule has 0 fully saturated rings. The Bertz CT molecular complexity index is 3130. The summed E-state index contributed by atoms with van der Waals surface area (Å²) in [6, 6.07) is 79.0. The summed E-state index contributed by atoms with van der Waals surface area (Å²) in [6.07, 6.45) is 0. The summed E-state index contributed by atoms with van der Waals surface area (Å²) in [5.74, 6) is 0. The fraction of sp³-hybridized carbons (Fsp3) is 0.0182. The molecule has 0 radical (unpaired) electrons. The second-order valence-corrected chi connectivity index (χ2v) is 16.3. The molecule has 0 saturated heterocycles. The van der Waals surface area contributed by atoms with E-state index in [1.807, 2.05) is 11.8 Å². The average molecular weight is 773 g/mol. The molecule has 3 nitrogen and oxygen atoms in total. The van der Waals surface area contributed by atoms with Crippen molar-refractivity contribution in [1.29, 1.82) is 0 Å². The zero-order chi connectivity index (χ0) is 38.9. The van der Waals surface area contributed by atoms with Gasteiger partial charge in [0.1, 0.15) is 11.2 Å². The molecule has 0 bridgehead atoms. The molecule has 0 amide bonds. The summed E-state index contributed by atoms with van der Waals surface area (Å²) in [4.78, 5) is 7.27. The Morgan fingerprint density at radius 2 is 0.797 bits per heavy atom. The van der Waals surface area contributed by atoms with Crippen LogP contribution in [0.5, 0.6) is 0 Å². The van der Waals surface area contributed by atoms with Gasteiger partial charge in [-0.1, -0.05) is 133 Å². The fourth-order valence-electron chi connectivity index (χ4n) is 9.64. The minimum atomic E-state index is -0.462. The van der Waals surface area contributed by atoms with Crippen molar-refractivity contribution < 1.29 is 4.42 Å². The van der Waals surface area contributed by atoms with Crippen molar-refractivity contribution in [3.63, 3.8) is 0 Å². The molecule has 1 spiro atoms. The molecule has 1 aromatic heterocycles. The molecule has 1 aliphatic heterocycles. The van der Waals surface area contributed by atoms with Crippen LogP contribution in [-0.2, 0) is 5.41 Å². The summed E-state index contributed by atoms with van der Waals surface area (Å²) in [6.45, 7) is 0. The smallest absolute Gasteiger partial charge is 0.137 e. The fourth-order valence-corrected chi connectivity index (χ4v) is 10.8. The molecule has 0 unspecified atom stereocenters. The quantitative estimate of drug-likeness (QED) is 0.168. The number of nitrogens with zero attached hydrogens (tertiary/aromatic N) is 2. The predicted molar refractivity (Wildman–Crippen MR) is 245 cm³/mol. The van der Waals surface area contributed by atoms with Crippen LogP contribution in [0.2, 0.25) is 0 Å². The van der Waals surface area contributed by atoms with Gasteiger partial charge in [0.05, 0.1) is 5.41 Å². The van der Waals surface area contributed by atoms with Crippen LogP contribution < -0.4 is 9.80 Å². The van der Waals surface area contributed by atoms with Gasteiger partial charge in [-0.25, -0.2) is 0 Å². The molecule has 2 heterocycles. The number of hydrogen-bond donors (Lipinski definition) is 0. The average Bonchev–Trinajstić information content (AvgIpc) is 3.80. The summed E-state index contributed by atoms with van der Waals surface area (Å²) < 4.78 is 6.70. The van der Waals surface area contributed by atoms with Gasteiger partial charge < -0.3 is 14.2 Å². The summed E-state index contributed by atoms with van der Waals surface area (Å²) >= 11 is 1.88. The predicted octanol–water partition coefficient (Wildman–Crippen LogP) is 15.4. The van der Waals surface area contributed by atoms with E-state index in [0.717, 1.165) is 56.1 Å². The summed E-state index contributed by atoms with van der Waals surface area (Å²) in [7, 11) is 0. The molecule has 10 aromatic rings. The van der Waals surface area contributed by atoms with E-state index < -0.39 is 5.41 Å². The highest BCUT2D eigenvalue weighted by molar-refractivity contribution is 7.99. The molecule has 12 rings (SSSR count). The van der Waals surface area contributed by atoms with Crippen LogP contribution in [0, 0.1) is 0 Å². The Labute approximate surface area is 347 Å².